The lowest BCUT2D eigenvalue weighted by molar-refractivity contribution is -0.117. The van der Waals surface area contributed by atoms with Gasteiger partial charge in [-0.15, -0.1) is 0 Å². The van der Waals surface area contributed by atoms with E-state index in [1.165, 1.54) is 6.08 Å². The first-order valence-corrected chi connectivity index (χ1v) is 9.64. The molecule has 0 aliphatic heterocycles. The zero-order valence-corrected chi connectivity index (χ0v) is 17.0. The maximum absolute atomic E-state index is 12.5. The largest absolute Gasteiger partial charge is 0.494 e. The Kier molecular flexibility index (Phi) is 8.02. The van der Waals surface area contributed by atoms with Crippen molar-refractivity contribution in [1.82, 2.24) is 10.3 Å². The van der Waals surface area contributed by atoms with Crippen molar-refractivity contribution in [3.8, 4) is 11.8 Å². The molecule has 2 aromatic rings. The SMILES string of the molecule is CCCOc1ccc(C(CC)NC(=O)/C(C#N)=C/c2cccc(Br)n2)cc1. The van der Waals surface area contributed by atoms with Crippen LogP contribution in [0.3, 0.4) is 0 Å². The minimum Gasteiger partial charge on any atom is -0.494 e. The Morgan fingerprint density at radius 2 is 2.04 bits per heavy atom. The number of nitrogens with one attached hydrogen (secondary N) is 1. The maximum atomic E-state index is 12.5. The second kappa shape index (κ2) is 10.5. The van der Waals surface area contributed by atoms with Crippen LogP contribution in [0.25, 0.3) is 6.08 Å². The third-order valence-corrected chi connectivity index (χ3v) is 4.30. The summed E-state index contributed by atoms with van der Waals surface area (Å²) in [6.07, 6.45) is 3.13. The Hall–Kier alpha value is -2.65. The lowest BCUT2D eigenvalue weighted by atomic mass is 10.0. The zero-order chi connectivity index (χ0) is 19.6. The van der Waals surface area contributed by atoms with Crippen molar-refractivity contribution in [3.63, 3.8) is 0 Å². The number of nitriles is 1. The summed E-state index contributed by atoms with van der Waals surface area (Å²) in [7, 11) is 0. The number of pyridine rings is 1. The summed E-state index contributed by atoms with van der Waals surface area (Å²) in [4.78, 5) is 16.8. The third-order valence-electron chi connectivity index (χ3n) is 3.86. The van der Waals surface area contributed by atoms with Gasteiger partial charge in [0.05, 0.1) is 18.3 Å². The molecule has 1 unspecified atom stereocenters. The van der Waals surface area contributed by atoms with Gasteiger partial charge in [0.25, 0.3) is 5.91 Å². The highest BCUT2D eigenvalue weighted by Crippen LogP contribution is 2.21. The summed E-state index contributed by atoms with van der Waals surface area (Å²) < 4.78 is 6.23. The van der Waals surface area contributed by atoms with E-state index < -0.39 is 5.91 Å². The van der Waals surface area contributed by atoms with Crippen LogP contribution in [-0.4, -0.2) is 17.5 Å². The number of amides is 1. The first-order valence-electron chi connectivity index (χ1n) is 8.85. The van der Waals surface area contributed by atoms with Crippen LogP contribution in [0.1, 0.15) is 44.0 Å². The predicted octanol–water partition coefficient (Wildman–Crippen LogP) is 4.81. The molecule has 0 radical (unpaired) electrons. The quantitative estimate of drug-likeness (QED) is 0.372. The van der Waals surface area contributed by atoms with Crippen molar-refractivity contribution in [2.24, 2.45) is 0 Å². The molecule has 0 fully saturated rings. The summed E-state index contributed by atoms with van der Waals surface area (Å²) in [5, 5.41) is 12.3. The Balaban J connectivity index is 2.12. The minimum atomic E-state index is -0.419. The molecule has 0 aliphatic carbocycles. The lowest BCUT2D eigenvalue weighted by Gasteiger charge is -2.17. The topological polar surface area (TPSA) is 75.0 Å². The molecule has 2 rings (SSSR count). The van der Waals surface area contributed by atoms with Crippen molar-refractivity contribution in [1.29, 1.82) is 5.26 Å². The molecule has 27 heavy (non-hydrogen) atoms. The fourth-order valence-corrected chi connectivity index (χ4v) is 2.83. The monoisotopic (exact) mass is 427 g/mol. The van der Waals surface area contributed by atoms with Crippen LogP contribution in [0.5, 0.6) is 5.75 Å². The number of nitrogens with zero attached hydrogens (tertiary/aromatic N) is 2. The van der Waals surface area contributed by atoms with Crippen LogP contribution >= 0.6 is 15.9 Å². The molecule has 6 heteroatoms. The number of halogens is 1. The third kappa shape index (κ3) is 6.22. The first kappa shape index (κ1) is 20.7. The molecule has 1 atom stereocenters. The van der Waals surface area contributed by atoms with E-state index >= 15 is 0 Å². The van der Waals surface area contributed by atoms with Gasteiger partial charge in [0.2, 0.25) is 0 Å². The van der Waals surface area contributed by atoms with E-state index in [-0.39, 0.29) is 11.6 Å². The highest BCUT2D eigenvalue weighted by molar-refractivity contribution is 9.10. The molecule has 140 valence electrons. The number of benzene rings is 1. The standard InChI is InChI=1S/C21H22BrN3O2/c1-3-12-27-18-10-8-15(9-11-18)19(4-2)25-21(26)16(14-23)13-17-6-5-7-20(22)24-17/h5-11,13,19H,3-4,12H2,1-2H3,(H,25,26)/b16-13+. The van der Waals surface area contributed by atoms with Gasteiger partial charge in [0.1, 0.15) is 22.0 Å². The highest BCUT2D eigenvalue weighted by Gasteiger charge is 2.16. The molecule has 0 aliphatic rings. The lowest BCUT2D eigenvalue weighted by Crippen LogP contribution is -2.29. The second-order valence-electron chi connectivity index (χ2n) is 5.91. The number of carbonyl (C=O) groups excluding carboxylic acids is 1. The van der Waals surface area contributed by atoms with Crippen molar-refractivity contribution in [2.45, 2.75) is 32.7 Å². The number of hydrogen-bond acceptors (Lipinski definition) is 4. The van der Waals surface area contributed by atoms with Gasteiger partial charge in [0, 0.05) is 0 Å². The number of aromatic nitrogens is 1. The van der Waals surface area contributed by atoms with Gasteiger partial charge < -0.3 is 10.1 Å². The van der Waals surface area contributed by atoms with Gasteiger partial charge in [-0.25, -0.2) is 4.98 Å². The fourth-order valence-electron chi connectivity index (χ4n) is 2.47. The van der Waals surface area contributed by atoms with Crippen molar-refractivity contribution in [2.75, 3.05) is 6.61 Å². The van der Waals surface area contributed by atoms with Crippen LogP contribution in [0.4, 0.5) is 0 Å². The Morgan fingerprint density at radius 3 is 2.63 bits per heavy atom. The summed E-state index contributed by atoms with van der Waals surface area (Å²) in [5.74, 6) is 0.387. The first-order chi connectivity index (χ1) is 13.1. The maximum Gasteiger partial charge on any atom is 0.262 e. The van der Waals surface area contributed by atoms with E-state index in [0.717, 1.165) is 17.7 Å². The van der Waals surface area contributed by atoms with E-state index in [2.05, 4.69) is 33.2 Å². The van der Waals surface area contributed by atoms with Crippen molar-refractivity contribution in [3.05, 3.63) is 63.9 Å². The molecular formula is C21H22BrN3O2. The van der Waals surface area contributed by atoms with Gasteiger partial charge in [-0.2, -0.15) is 5.26 Å². The average Bonchev–Trinajstić information content (AvgIpc) is 2.69. The number of rotatable bonds is 8. The zero-order valence-electron chi connectivity index (χ0n) is 15.4. The van der Waals surface area contributed by atoms with Crippen LogP contribution in [0, 0.1) is 11.3 Å². The van der Waals surface area contributed by atoms with Gasteiger partial charge >= 0.3 is 0 Å². The Labute approximate surface area is 168 Å². The van der Waals surface area contributed by atoms with Gasteiger partial charge in [-0.3, -0.25) is 4.79 Å². The van der Waals surface area contributed by atoms with E-state index in [0.29, 0.717) is 23.3 Å². The van der Waals surface area contributed by atoms with Gasteiger partial charge in [-0.1, -0.05) is 32.0 Å². The molecule has 0 saturated carbocycles. The van der Waals surface area contributed by atoms with Gasteiger partial charge in [-0.05, 0) is 64.7 Å². The molecule has 1 N–H and O–H groups in total. The Bertz CT molecular complexity index is 841. The molecule has 5 nitrogen and oxygen atoms in total. The summed E-state index contributed by atoms with van der Waals surface area (Å²) in [6, 6.07) is 14.7. The molecule has 1 heterocycles. The smallest absolute Gasteiger partial charge is 0.262 e. The minimum absolute atomic E-state index is 0.0157. The van der Waals surface area contributed by atoms with E-state index in [1.54, 1.807) is 18.2 Å². The predicted molar refractivity (Wildman–Crippen MR) is 109 cm³/mol. The number of hydrogen-bond donors (Lipinski definition) is 1. The summed E-state index contributed by atoms with van der Waals surface area (Å²) in [5.41, 5.74) is 1.52. The molecule has 1 aromatic heterocycles. The van der Waals surface area contributed by atoms with E-state index in [4.69, 9.17) is 4.74 Å². The normalized spacial score (nSPS) is 12.1. The molecule has 1 aromatic carbocycles. The van der Waals surface area contributed by atoms with E-state index in [1.807, 2.05) is 37.3 Å². The fraction of sp³-hybridized carbons (Fsp3) is 0.286. The molecule has 0 spiro atoms. The van der Waals surface area contributed by atoms with Crippen molar-refractivity contribution >= 4 is 27.9 Å². The van der Waals surface area contributed by atoms with Gasteiger partial charge in [0.15, 0.2) is 0 Å². The molecule has 1 amide bonds. The summed E-state index contributed by atoms with van der Waals surface area (Å²) in [6.45, 7) is 4.71. The average molecular weight is 428 g/mol. The van der Waals surface area contributed by atoms with Crippen LogP contribution in [0.2, 0.25) is 0 Å². The molecule has 0 saturated heterocycles. The number of ether oxygens (including phenoxy) is 1. The Morgan fingerprint density at radius 1 is 1.30 bits per heavy atom. The van der Waals surface area contributed by atoms with Crippen LogP contribution < -0.4 is 10.1 Å². The van der Waals surface area contributed by atoms with Crippen LogP contribution in [0.15, 0.2) is 52.6 Å². The second-order valence-corrected chi connectivity index (χ2v) is 6.72. The summed E-state index contributed by atoms with van der Waals surface area (Å²) >= 11 is 3.28. The number of carbonyl (C=O) groups is 1. The van der Waals surface area contributed by atoms with Crippen molar-refractivity contribution < 1.29 is 9.53 Å². The highest BCUT2D eigenvalue weighted by atomic mass is 79.9. The van der Waals surface area contributed by atoms with E-state index in [9.17, 15) is 10.1 Å². The molecular weight excluding hydrogens is 406 g/mol. The van der Waals surface area contributed by atoms with Crippen LogP contribution in [-0.2, 0) is 4.79 Å². The molecule has 0 bridgehead atoms.